The van der Waals surface area contributed by atoms with Crippen molar-refractivity contribution in [1.29, 1.82) is 0 Å². The van der Waals surface area contributed by atoms with Crippen molar-refractivity contribution in [2.45, 2.75) is 18.6 Å². The van der Waals surface area contributed by atoms with Crippen LogP contribution in [0.1, 0.15) is 28.4 Å². The first-order valence-corrected chi connectivity index (χ1v) is 5.47. The molecule has 0 saturated carbocycles. The van der Waals surface area contributed by atoms with Crippen LogP contribution in [-0.2, 0) is 0 Å². The molecule has 1 rings (SSSR count). The minimum absolute atomic E-state index is 0.00137. The molecule has 102 valence electrons. The SMILES string of the molecule is [N-]=[N+]=NCCC(O)C(O)c1c(N)cccc1C(=O)O. The lowest BCUT2D eigenvalue weighted by atomic mass is 9.95. The predicted octanol–water partition coefficient (Wildman–Crippen LogP) is 1.06. The van der Waals surface area contributed by atoms with E-state index in [0.29, 0.717) is 0 Å². The summed E-state index contributed by atoms with van der Waals surface area (Å²) >= 11 is 0. The standard InChI is InChI=1S/C11H14N4O4/c12-7-3-1-2-6(11(18)19)9(7)10(17)8(16)4-5-14-15-13/h1-3,8,10,16-17H,4-5,12H2,(H,18,19). The fraction of sp³-hybridized carbons (Fsp3) is 0.364. The van der Waals surface area contributed by atoms with Crippen LogP contribution in [0.5, 0.6) is 0 Å². The molecule has 0 bridgehead atoms. The molecule has 0 aliphatic rings. The number of azide groups is 1. The summed E-state index contributed by atoms with van der Waals surface area (Å²) in [5.41, 5.74) is 13.6. The number of aliphatic hydroxyl groups excluding tert-OH is 2. The van der Waals surface area contributed by atoms with E-state index in [1.807, 2.05) is 0 Å². The molecule has 0 amide bonds. The van der Waals surface area contributed by atoms with E-state index in [1.165, 1.54) is 18.2 Å². The number of rotatable bonds is 6. The van der Waals surface area contributed by atoms with Crippen molar-refractivity contribution < 1.29 is 20.1 Å². The quantitative estimate of drug-likeness (QED) is 0.262. The molecule has 0 radical (unpaired) electrons. The molecule has 0 aliphatic heterocycles. The van der Waals surface area contributed by atoms with E-state index < -0.39 is 18.2 Å². The molecule has 1 aromatic rings. The van der Waals surface area contributed by atoms with E-state index in [-0.39, 0.29) is 29.8 Å². The maximum Gasteiger partial charge on any atom is 0.336 e. The van der Waals surface area contributed by atoms with Crippen LogP contribution in [0.4, 0.5) is 5.69 Å². The summed E-state index contributed by atoms with van der Waals surface area (Å²) in [6.45, 7) is -0.0100. The number of nitrogens with zero attached hydrogens (tertiary/aromatic N) is 3. The van der Waals surface area contributed by atoms with E-state index in [9.17, 15) is 15.0 Å². The van der Waals surface area contributed by atoms with Gasteiger partial charge in [-0.3, -0.25) is 0 Å². The summed E-state index contributed by atoms with van der Waals surface area (Å²) in [4.78, 5) is 13.6. The topological polar surface area (TPSA) is 153 Å². The highest BCUT2D eigenvalue weighted by molar-refractivity contribution is 5.91. The molecule has 0 spiro atoms. The monoisotopic (exact) mass is 266 g/mol. The van der Waals surface area contributed by atoms with E-state index in [2.05, 4.69) is 10.0 Å². The van der Waals surface area contributed by atoms with Crippen LogP contribution in [0, 0.1) is 0 Å². The van der Waals surface area contributed by atoms with Gasteiger partial charge in [-0.05, 0) is 24.1 Å². The fourth-order valence-electron chi connectivity index (χ4n) is 1.68. The largest absolute Gasteiger partial charge is 0.478 e. The van der Waals surface area contributed by atoms with Crippen molar-refractivity contribution in [2.24, 2.45) is 5.11 Å². The highest BCUT2D eigenvalue weighted by Crippen LogP contribution is 2.28. The van der Waals surface area contributed by atoms with E-state index in [0.717, 1.165) is 0 Å². The van der Waals surface area contributed by atoms with Crippen molar-refractivity contribution in [3.05, 3.63) is 39.8 Å². The first-order chi connectivity index (χ1) is 8.99. The van der Waals surface area contributed by atoms with Gasteiger partial charge in [-0.2, -0.15) is 0 Å². The lowest BCUT2D eigenvalue weighted by Crippen LogP contribution is -2.22. The van der Waals surface area contributed by atoms with Gasteiger partial charge < -0.3 is 21.1 Å². The molecular weight excluding hydrogens is 252 g/mol. The van der Waals surface area contributed by atoms with E-state index in [1.54, 1.807) is 0 Å². The van der Waals surface area contributed by atoms with E-state index in [4.69, 9.17) is 16.4 Å². The van der Waals surface area contributed by atoms with Crippen molar-refractivity contribution in [1.82, 2.24) is 0 Å². The lowest BCUT2D eigenvalue weighted by Gasteiger charge is -2.20. The summed E-state index contributed by atoms with van der Waals surface area (Å²) in [5, 5.41) is 32.0. The van der Waals surface area contributed by atoms with Gasteiger partial charge in [-0.1, -0.05) is 11.2 Å². The number of aliphatic hydroxyl groups is 2. The van der Waals surface area contributed by atoms with Gasteiger partial charge in [0.05, 0.1) is 11.7 Å². The van der Waals surface area contributed by atoms with Gasteiger partial charge in [-0.15, -0.1) is 0 Å². The van der Waals surface area contributed by atoms with E-state index >= 15 is 0 Å². The molecule has 1 aromatic carbocycles. The number of hydrogen-bond donors (Lipinski definition) is 4. The molecule has 2 unspecified atom stereocenters. The zero-order valence-electron chi connectivity index (χ0n) is 9.97. The summed E-state index contributed by atoms with van der Waals surface area (Å²) < 4.78 is 0. The average molecular weight is 266 g/mol. The molecule has 0 saturated heterocycles. The lowest BCUT2D eigenvalue weighted by molar-refractivity contribution is 0.0145. The Hall–Kier alpha value is -2.28. The number of nitrogen functional groups attached to an aromatic ring is 1. The summed E-state index contributed by atoms with van der Waals surface area (Å²) in [7, 11) is 0. The molecule has 8 heteroatoms. The van der Waals surface area contributed by atoms with Crippen LogP contribution in [0.25, 0.3) is 10.4 Å². The normalized spacial score (nSPS) is 13.4. The molecule has 0 aromatic heterocycles. The van der Waals surface area contributed by atoms with Crippen LogP contribution in [0.2, 0.25) is 0 Å². The van der Waals surface area contributed by atoms with Gasteiger partial charge in [0.2, 0.25) is 0 Å². The first kappa shape index (κ1) is 14.8. The fourth-order valence-corrected chi connectivity index (χ4v) is 1.68. The van der Waals surface area contributed by atoms with Crippen molar-refractivity contribution in [3.63, 3.8) is 0 Å². The summed E-state index contributed by atoms with van der Waals surface area (Å²) in [6, 6.07) is 4.17. The highest BCUT2D eigenvalue weighted by atomic mass is 16.4. The van der Waals surface area contributed by atoms with Gasteiger partial charge in [0.15, 0.2) is 0 Å². The van der Waals surface area contributed by atoms with Gasteiger partial charge in [0.1, 0.15) is 6.10 Å². The molecule has 0 heterocycles. The molecule has 19 heavy (non-hydrogen) atoms. The minimum Gasteiger partial charge on any atom is -0.478 e. The Morgan fingerprint density at radius 3 is 2.74 bits per heavy atom. The third-order valence-corrected chi connectivity index (χ3v) is 2.62. The molecule has 2 atom stereocenters. The number of hydrogen-bond acceptors (Lipinski definition) is 5. The van der Waals surface area contributed by atoms with Gasteiger partial charge in [0.25, 0.3) is 0 Å². The molecular formula is C11H14N4O4. The summed E-state index contributed by atoms with van der Waals surface area (Å²) in [6.07, 6.45) is -2.73. The van der Waals surface area contributed by atoms with Gasteiger partial charge in [0, 0.05) is 22.7 Å². The average Bonchev–Trinajstić information content (AvgIpc) is 2.37. The molecule has 5 N–H and O–H groups in total. The van der Waals surface area contributed by atoms with Crippen LogP contribution in [-0.4, -0.2) is 33.9 Å². The summed E-state index contributed by atoms with van der Waals surface area (Å²) in [5.74, 6) is -1.25. The number of carbonyl (C=O) groups is 1. The number of carboxylic acid groups (broad SMARTS) is 1. The zero-order chi connectivity index (χ0) is 14.4. The number of nitrogens with two attached hydrogens (primary N) is 1. The van der Waals surface area contributed by atoms with Gasteiger partial charge >= 0.3 is 5.97 Å². The van der Waals surface area contributed by atoms with Crippen LogP contribution in [0.15, 0.2) is 23.3 Å². The van der Waals surface area contributed by atoms with Crippen molar-refractivity contribution in [3.8, 4) is 0 Å². The second-order valence-electron chi connectivity index (χ2n) is 3.87. The molecule has 0 fully saturated rings. The van der Waals surface area contributed by atoms with Crippen molar-refractivity contribution >= 4 is 11.7 Å². The highest BCUT2D eigenvalue weighted by Gasteiger charge is 2.25. The number of aromatic carboxylic acids is 1. The third kappa shape index (κ3) is 3.59. The Morgan fingerprint density at radius 2 is 2.16 bits per heavy atom. The predicted molar refractivity (Wildman–Crippen MR) is 67.4 cm³/mol. The Kier molecular flexibility index (Phi) is 5.13. The Labute approximate surface area is 108 Å². The van der Waals surface area contributed by atoms with Crippen LogP contribution in [0.3, 0.4) is 0 Å². The zero-order valence-corrected chi connectivity index (χ0v) is 9.97. The van der Waals surface area contributed by atoms with Crippen LogP contribution >= 0.6 is 0 Å². The Morgan fingerprint density at radius 1 is 1.47 bits per heavy atom. The minimum atomic E-state index is -1.46. The maximum atomic E-state index is 11.0. The van der Waals surface area contributed by atoms with Crippen molar-refractivity contribution in [2.75, 3.05) is 12.3 Å². The van der Waals surface area contributed by atoms with Gasteiger partial charge in [-0.25, -0.2) is 4.79 Å². The first-order valence-electron chi connectivity index (χ1n) is 5.47. The third-order valence-electron chi connectivity index (χ3n) is 2.62. The smallest absolute Gasteiger partial charge is 0.336 e. The Balaban J connectivity index is 3.01. The number of benzene rings is 1. The second-order valence-corrected chi connectivity index (χ2v) is 3.87. The number of carboxylic acids is 1. The molecule has 0 aliphatic carbocycles. The second kappa shape index (κ2) is 6.60. The maximum absolute atomic E-state index is 11.0. The number of anilines is 1. The Bertz CT molecular complexity index is 513. The van der Waals surface area contributed by atoms with Crippen LogP contribution < -0.4 is 5.73 Å². The molecule has 8 nitrogen and oxygen atoms in total.